The van der Waals surface area contributed by atoms with Crippen LogP contribution < -0.4 is 5.32 Å². The summed E-state index contributed by atoms with van der Waals surface area (Å²) in [6.07, 6.45) is 3.30. The van der Waals surface area contributed by atoms with Crippen LogP contribution in [0.15, 0.2) is 42.7 Å². The average Bonchev–Trinajstić information content (AvgIpc) is 3.03. The van der Waals surface area contributed by atoms with E-state index in [0.29, 0.717) is 23.8 Å². The van der Waals surface area contributed by atoms with E-state index < -0.39 is 0 Å². The fourth-order valence-electron chi connectivity index (χ4n) is 2.34. The van der Waals surface area contributed by atoms with Crippen molar-refractivity contribution in [3.63, 3.8) is 0 Å². The summed E-state index contributed by atoms with van der Waals surface area (Å²) in [5.41, 5.74) is 1.69. The third-order valence-corrected chi connectivity index (χ3v) is 3.61. The molecule has 0 saturated heterocycles. The number of nitrogens with zero attached hydrogens (tertiary/aromatic N) is 3. The third-order valence-electron chi connectivity index (χ3n) is 3.41. The Morgan fingerprint density at radius 1 is 1.38 bits per heavy atom. The van der Waals surface area contributed by atoms with Gasteiger partial charge >= 0.3 is 0 Å². The SMILES string of the molecule is Cn1c(C(=O)NCCn2cc(Cl)cn2)cc2ccccc21. The largest absolute Gasteiger partial charge is 0.349 e. The van der Waals surface area contributed by atoms with Crippen LogP contribution in [-0.2, 0) is 13.6 Å². The number of para-hydroxylation sites is 1. The predicted molar refractivity (Wildman–Crippen MR) is 82.5 cm³/mol. The molecule has 0 fully saturated rings. The highest BCUT2D eigenvalue weighted by atomic mass is 35.5. The molecular formula is C15H15ClN4O. The van der Waals surface area contributed by atoms with Crippen LogP contribution >= 0.6 is 11.6 Å². The maximum absolute atomic E-state index is 12.2. The summed E-state index contributed by atoms with van der Waals surface area (Å²) < 4.78 is 3.60. The van der Waals surface area contributed by atoms with Crippen molar-refractivity contribution >= 4 is 28.4 Å². The number of nitrogens with one attached hydrogen (secondary N) is 1. The minimum atomic E-state index is -0.0908. The summed E-state index contributed by atoms with van der Waals surface area (Å²) in [6, 6.07) is 9.82. The maximum Gasteiger partial charge on any atom is 0.267 e. The molecule has 108 valence electrons. The smallest absolute Gasteiger partial charge is 0.267 e. The van der Waals surface area contributed by atoms with Gasteiger partial charge in [-0.3, -0.25) is 9.48 Å². The summed E-state index contributed by atoms with van der Waals surface area (Å²) in [5.74, 6) is -0.0908. The summed E-state index contributed by atoms with van der Waals surface area (Å²) in [7, 11) is 1.89. The number of amides is 1. The van der Waals surface area contributed by atoms with E-state index in [-0.39, 0.29) is 5.91 Å². The van der Waals surface area contributed by atoms with Gasteiger partial charge in [0.05, 0.1) is 17.8 Å². The normalized spacial score (nSPS) is 11.0. The van der Waals surface area contributed by atoms with Crippen molar-refractivity contribution in [3.05, 3.63) is 53.4 Å². The van der Waals surface area contributed by atoms with Gasteiger partial charge in [-0.25, -0.2) is 0 Å². The third kappa shape index (κ3) is 2.78. The molecule has 5 nitrogen and oxygen atoms in total. The molecule has 0 unspecified atom stereocenters. The lowest BCUT2D eigenvalue weighted by Gasteiger charge is -2.06. The summed E-state index contributed by atoms with van der Waals surface area (Å²) in [5, 5.41) is 8.61. The van der Waals surface area contributed by atoms with Crippen LogP contribution in [0.1, 0.15) is 10.5 Å². The van der Waals surface area contributed by atoms with Crippen LogP contribution in [0.4, 0.5) is 0 Å². The van der Waals surface area contributed by atoms with Crippen molar-refractivity contribution in [1.29, 1.82) is 0 Å². The van der Waals surface area contributed by atoms with Crippen LogP contribution in [0, 0.1) is 0 Å². The standard InChI is InChI=1S/C15H15ClN4O/c1-19-13-5-3-2-4-11(13)8-14(19)15(21)17-6-7-20-10-12(16)9-18-20/h2-5,8-10H,6-7H2,1H3,(H,17,21). The Morgan fingerprint density at radius 3 is 2.90 bits per heavy atom. The van der Waals surface area contributed by atoms with Crippen LogP contribution in [0.25, 0.3) is 10.9 Å². The molecule has 0 aliphatic heterocycles. The molecule has 2 aromatic heterocycles. The lowest BCUT2D eigenvalue weighted by atomic mass is 10.2. The molecule has 3 aromatic rings. The van der Waals surface area contributed by atoms with E-state index in [9.17, 15) is 4.79 Å². The van der Waals surface area contributed by atoms with Gasteiger partial charge in [-0.05, 0) is 12.1 Å². The van der Waals surface area contributed by atoms with E-state index in [1.54, 1.807) is 17.1 Å². The first-order chi connectivity index (χ1) is 10.1. The molecule has 1 amide bonds. The van der Waals surface area contributed by atoms with Crippen molar-refractivity contribution < 1.29 is 4.79 Å². The molecule has 2 heterocycles. The van der Waals surface area contributed by atoms with Crippen molar-refractivity contribution in [2.45, 2.75) is 6.54 Å². The number of carbonyl (C=O) groups excluding carboxylic acids is 1. The zero-order valence-corrected chi connectivity index (χ0v) is 12.3. The number of aromatic nitrogens is 3. The topological polar surface area (TPSA) is 51.9 Å². The van der Waals surface area contributed by atoms with Gasteiger partial charge in [0, 0.05) is 30.7 Å². The molecule has 0 atom stereocenters. The van der Waals surface area contributed by atoms with Gasteiger partial charge in [0.2, 0.25) is 0 Å². The number of halogens is 1. The zero-order valence-electron chi connectivity index (χ0n) is 11.6. The average molecular weight is 303 g/mol. The Hall–Kier alpha value is -2.27. The second-order valence-electron chi connectivity index (χ2n) is 4.82. The van der Waals surface area contributed by atoms with Crippen LogP contribution in [0.2, 0.25) is 5.02 Å². The Balaban J connectivity index is 1.68. The van der Waals surface area contributed by atoms with Gasteiger partial charge in [-0.15, -0.1) is 0 Å². The van der Waals surface area contributed by atoms with Gasteiger partial charge < -0.3 is 9.88 Å². The molecule has 0 bridgehead atoms. The molecule has 0 saturated carbocycles. The fourth-order valence-corrected chi connectivity index (χ4v) is 2.50. The molecule has 0 aliphatic carbocycles. The lowest BCUT2D eigenvalue weighted by Crippen LogP contribution is -2.28. The van der Waals surface area contributed by atoms with Gasteiger partial charge in [-0.2, -0.15) is 5.10 Å². The summed E-state index contributed by atoms with van der Waals surface area (Å²) in [4.78, 5) is 12.2. The Bertz CT molecular complexity index is 790. The first kappa shape index (κ1) is 13.7. The number of benzene rings is 1. The number of rotatable bonds is 4. The Morgan fingerprint density at radius 2 is 2.19 bits per heavy atom. The van der Waals surface area contributed by atoms with E-state index in [4.69, 9.17) is 11.6 Å². The van der Waals surface area contributed by atoms with Gasteiger partial charge in [0.15, 0.2) is 0 Å². The van der Waals surface area contributed by atoms with E-state index in [1.165, 1.54) is 0 Å². The number of aryl methyl sites for hydroxylation is 1. The van der Waals surface area contributed by atoms with E-state index in [1.807, 2.05) is 41.9 Å². The minimum Gasteiger partial charge on any atom is -0.349 e. The second-order valence-corrected chi connectivity index (χ2v) is 5.26. The predicted octanol–water partition coefficient (Wildman–Crippen LogP) is 2.46. The second kappa shape index (κ2) is 5.61. The van der Waals surface area contributed by atoms with Crippen LogP contribution in [-0.4, -0.2) is 26.8 Å². The van der Waals surface area contributed by atoms with Gasteiger partial charge in [0.25, 0.3) is 5.91 Å². The number of carbonyl (C=O) groups is 1. The monoisotopic (exact) mass is 302 g/mol. The quantitative estimate of drug-likeness (QED) is 0.805. The van der Waals surface area contributed by atoms with Gasteiger partial charge in [-0.1, -0.05) is 29.8 Å². The highest BCUT2D eigenvalue weighted by Gasteiger charge is 2.12. The van der Waals surface area contributed by atoms with E-state index >= 15 is 0 Å². The molecule has 3 rings (SSSR count). The van der Waals surface area contributed by atoms with E-state index in [2.05, 4.69) is 10.4 Å². The molecule has 0 radical (unpaired) electrons. The Kier molecular flexibility index (Phi) is 3.66. The van der Waals surface area contributed by atoms with Crippen molar-refractivity contribution in [2.24, 2.45) is 7.05 Å². The van der Waals surface area contributed by atoms with Crippen molar-refractivity contribution in [2.75, 3.05) is 6.54 Å². The zero-order chi connectivity index (χ0) is 14.8. The lowest BCUT2D eigenvalue weighted by molar-refractivity contribution is 0.0944. The van der Waals surface area contributed by atoms with Crippen LogP contribution in [0.5, 0.6) is 0 Å². The molecule has 0 spiro atoms. The van der Waals surface area contributed by atoms with E-state index in [0.717, 1.165) is 10.9 Å². The molecule has 6 heteroatoms. The van der Waals surface area contributed by atoms with Crippen molar-refractivity contribution in [3.8, 4) is 0 Å². The number of hydrogen-bond acceptors (Lipinski definition) is 2. The van der Waals surface area contributed by atoms with Crippen molar-refractivity contribution in [1.82, 2.24) is 19.7 Å². The first-order valence-electron chi connectivity index (χ1n) is 6.66. The first-order valence-corrected chi connectivity index (χ1v) is 7.03. The number of fused-ring (bicyclic) bond motifs is 1. The van der Waals surface area contributed by atoms with Crippen LogP contribution in [0.3, 0.4) is 0 Å². The maximum atomic E-state index is 12.2. The number of hydrogen-bond donors (Lipinski definition) is 1. The molecule has 1 N–H and O–H groups in total. The van der Waals surface area contributed by atoms with Gasteiger partial charge in [0.1, 0.15) is 5.69 Å². The highest BCUT2D eigenvalue weighted by Crippen LogP contribution is 2.18. The molecule has 1 aromatic carbocycles. The molecule has 21 heavy (non-hydrogen) atoms. The Labute approximate surface area is 127 Å². The summed E-state index contributed by atoms with van der Waals surface area (Å²) in [6.45, 7) is 1.08. The molecule has 0 aliphatic rings. The summed E-state index contributed by atoms with van der Waals surface area (Å²) >= 11 is 5.79. The minimum absolute atomic E-state index is 0.0908. The fraction of sp³-hybridized carbons (Fsp3) is 0.200. The molecular weight excluding hydrogens is 288 g/mol. The highest BCUT2D eigenvalue weighted by molar-refractivity contribution is 6.30.